The molecule has 17 heavy (non-hydrogen) atoms. The van der Waals surface area contributed by atoms with E-state index < -0.39 is 16.1 Å². The van der Waals surface area contributed by atoms with E-state index in [0.717, 1.165) is 0 Å². The Labute approximate surface area is 104 Å². The molecule has 6 heteroatoms. The third-order valence-corrected chi connectivity index (χ3v) is 5.01. The summed E-state index contributed by atoms with van der Waals surface area (Å²) >= 11 is 0. The van der Waals surface area contributed by atoms with Crippen molar-refractivity contribution in [1.82, 2.24) is 0 Å². The van der Waals surface area contributed by atoms with E-state index in [-0.39, 0.29) is 0 Å². The number of alkyl halides is 1. The van der Waals surface area contributed by atoms with Gasteiger partial charge in [0.05, 0.1) is 0 Å². The summed E-state index contributed by atoms with van der Waals surface area (Å²) in [4.78, 5) is 1.57. The zero-order valence-electron chi connectivity index (χ0n) is 9.34. The predicted molar refractivity (Wildman–Crippen MR) is 66.7 cm³/mol. The van der Waals surface area contributed by atoms with Crippen molar-refractivity contribution >= 4 is 21.0 Å². The standard InChI is InChI=1S/C10H13S.CH3FO3S/c1-2-6-10(7-3-1)11-8-4-5-9-11;2-1-6(3,4)5/h1-3,6-7H,4-5,8-9H2;1H2,(H,3,4,5)/q+1;/p-1. The minimum absolute atomic E-state index is 0.609. The van der Waals surface area contributed by atoms with Crippen molar-refractivity contribution in [3.63, 3.8) is 0 Å². The molecule has 0 aliphatic carbocycles. The Bertz CT molecular complexity index is 414. The molecule has 3 nitrogen and oxygen atoms in total. The summed E-state index contributed by atoms with van der Waals surface area (Å²) in [7, 11) is -3.97. The molecule has 1 aliphatic heterocycles. The second-order valence-electron chi connectivity index (χ2n) is 3.59. The Hall–Kier alpha value is -0.590. The second kappa shape index (κ2) is 6.98. The molecule has 0 spiro atoms. The quantitative estimate of drug-likeness (QED) is 0.613. The normalized spacial score (nSPS) is 16.4. The first-order valence-corrected chi connectivity index (χ1v) is 8.39. The number of rotatable bonds is 2. The molecule has 0 unspecified atom stereocenters. The van der Waals surface area contributed by atoms with Crippen LogP contribution in [0.5, 0.6) is 0 Å². The largest absolute Gasteiger partial charge is 0.746 e. The van der Waals surface area contributed by atoms with E-state index in [4.69, 9.17) is 13.0 Å². The van der Waals surface area contributed by atoms with Crippen LogP contribution in [-0.4, -0.2) is 30.5 Å². The zero-order chi connectivity index (χ0) is 12.7. The molecule has 0 atom stereocenters. The SMILES string of the molecule is O=S(=O)([O-])CF.c1ccc([S+]2CCCC2)cc1. The highest BCUT2D eigenvalue weighted by atomic mass is 32.2. The van der Waals surface area contributed by atoms with Gasteiger partial charge in [-0.3, -0.25) is 0 Å². The third-order valence-electron chi connectivity index (χ3n) is 2.24. The molecule has 0 N–H and O–H groups in total. The summed E-state index contributed by atoms with van der Waals surface area (Å²) in [6.07, 6.45) is 2.88. The van der Waals surface area contributed by atoms with Gasteiger partial charge in [0.25, 0.3) is 0 Å². The molecule has 2 rings (SSSR count). The summed E-state index contributed by atoms with van der Waals surface area (Å²) in [5, 5.41) is 0. The van der Waals surface area contributed by atoms with E-state index >= 15 is 0 Å². The highest BCUT2D eigenvalue weighted by Crippen LogP contribution is 2.21. The average Bonchev–Trinajstić information content (AvgIpc) is 2.84. The van der Waals surface area contributed by atoms with E-state index in [1.54, 1.807) is 4.90 Å². The first kappa shape index (κ1) is 14.5. The fourth-order valence-corrected chi connectivity index (χ4v) is 3.83. The van der Waals surface area contributed by atoms with Gasteiger partial charge in [0, 0.05) is 10.9 Å². The summed E-state index contributed by atoms with van der Waals surface area (Å²) in [5.41, 5.74) is 0. The molecule has 96 valence electrons. The Kier molecular flexibility index (Phi) is 5.94. The van der Waals surface area contributed by atoms with Crippen LogP contribution in [0.2, 0.25) is 0 Å². The molecule has 1 aromatic carbocycles. The highest BCUT2D eigenvalue weighted by Gasteiger charge is 2.25. The van der Waals surface area contributed by atoms with Crippen LogP contribution >= 0.6 is 0 Å². The first-order chi connectivity index (χ1) is 8.03. The van der Waals surface area contributed by atoms with Crippen LogP contribution in [0.15, 0.2) is 35.2 Å². The molecule has 1 aromatic rings. The van der Waals surface area contributed by atoms with Crippen molar-refractivity contribution in [1.29, 1.82) is 0 Å². The summed E-state index contributed by atoms with van der Waals surface area (Å²) in [6, 6.07) is 9.14. The van der Waals surface area contributed by atoms with Crippen LogP contribution in [0.1, 0.15) is 12.8 Å². The maximum absolute atomic E-state index is 10.6. The van der Waals surface area contributed by atoms with Crippen LogP contribution in [0.4, 0.5) is 4.39 Å². The molecule has 0 saturated carbocycles. The molecule has 0 radical (unpaired) electrons. The summed E-state index contributed by atoms with van der Waals surface area (Å²) < 4.78 is 37.8. The van der Waals surface area contributed by atoms with Crippen molar-refractivity contribution in [3.8, 4) is 0 Å². The van der Waals surface area contributed by atoms with Crippen molar-refractivity contribution in [3.05, 3.63) is 30.3 Å². The van der Waals surface area contributed by atoms with Gasteiger partial charge >= 0.3 is 0 Å². The lowest BCUT2D eigenvalue weighted by Crippen LogP contribution is -2.02. The number of halogens is 1. The van der Waals surface area contributed by atoms with Crippen molar-refractivity contribution in [2.45, 2.75) is 17.7 Å². The molecule has 0 bridgehead atoms. The Morgan fingerprint density at radius 3 is 2.06 bits per heavy atom. The third kappa shape index (κ3) is 6.05. The predicted octanol–water partition coefficient (Wildman–Crippen LogP) is 1.92. The minimum Gasteiger partial charge on any atom is -0.746 e. The van der Waals surface area contributed by atoms with E-state index in [2.05, 4.69) is 30.3 Å². The Morgan fingerprint density at radius 1 is 1.18 bits per heavy atom. The average molecular weight is 278 g/mol. The van der Waals surface area contributed by atoms with Crippen LogP contribution in [0.3, 0.4) is 0 Å². The van der Waals surface area contributed by atoms with E-state index in [0.29, 0.717) is 10.9 Å². The van der Waals surface area contributed by atoms with Gasteiger partial charge in [-0.25, -0.2) is 12.8 Å². The monoisotopic (exact) mass is 278 g/mol. The summed E-state index contributed by atoms with van der Waals surface area (Å²) in [5.74, 6) is 2.87. The fraction of sp³-hybridized carbons (Fsp3) is 0.455. The zero-order valence-corrected chi connectivity index (χ0v) is 11.0. The molecule has 1 fully saturated rings. The van der Waals surface area contributed by atoms with Gasteiger partial charge in [0.15, 0.2) is 10.9 Å². The molecule has 0 amide bonds. The van der Waals surface area contributed by atoms with Crippen LogP contribution < -0.4 is 0 Å². The van der Waals surface area contributed by atoms with Crippen molar-refractivity contribution in [2.24, 2.45) is 0 Å². The molecule has 1 heterocycles. The van der Waals surface area contributed by atoms with Gasteiger partial charge in [0.2, 0.25) is 0 Å². The molecule has 1 saturated heterocycles. The lowest BCUT2D eigenvalue weighted by Gasteiger charge is -1.97. The highest BCUT2D eigenvalue weighted by molar-refractivity contribution is 7.97. The minimum atomic E-state index is -4.58. The van der Waals surface area contributed by atoms with Gasteiger partial charge in [-0.2, -0.15) is 0 Å². The van der Waals surface area contributed by atoms with Gasteiger partial charge in [0.1, 0.15) is 21.6 Å². The number of hydrogen-bond donors (Lipinski definition) is 0. The van der Waals surface area contributed by atoms with Gasteiger partial charge in [-0.15, -0.1) is 0 Å². The van der Waals surface area contributed by atoms with Crippen LogP contribution in [0, 0.1) is 0 Å². The Balaban J connectivity index is 0.000000209. The lowest BCUT2D eigenvalue weighted by molar-refractivity contribution is 0.431. The topological polar surface area (TPSA) is 57.2 Å². The van der Waals surface area contributed by atoms with E-state index in [9.17, 15) is 4.39 Å². The van der Waals surface area contributed by atoms with Crippen molar-refractivity contribution in [2.75, 3.05) is 17.5 Å². The van der Waals surface area contributed by atoms with Gasteiger partial charge in [-0.1, -0.05) is 18.2 Å². The summed E-state index contributed by atoms with van der Waals surface area (Å²) in [6.45, 7) is 0. The molecular weight excluding hydrogens is 263 g/mol. The first-order valence-electron chi connectivity index (χ1n) is 5.25. The Morgan fingerprint density at radius 2 is 1.65 bits per heavy atom. The molecular formula is C11H15FO3S2. The smallest absolute Gasteiger partial charge is 0.179 e. The van der Waals surface area contributed by atoms with Gasteiger partial charge in [-0.05, 0) is 25.0 Å². The molecule has 1 aliphatic rings. The molecule has 0 aromatic heterocycles. The van der Waals surface area contributed by atoms with E-state index in [1.807, 2.05) is 0 Å². The van der Waals surface area contributed by atoms with Crippen LogP contribution in [-0.2, 0) is 21.0 Å². The number of hydrogen-bond acceptors (Lipinski definition) is 3. The van der Waals surface area contributed by atoms with E-state index in [1.165, 1.54) is 24.3 Å². The maximum atomic E-state index is 10.6. The fourth-order valence-electron chi connectivity index (χ4n) is 1.50. The second-order valence-corrected chi connectivity index (χ2v) is 7.20. The maximum Gasteiger partial charge on any atom is 0.179 e. The van der Waals surface area contributed by atoms with Crippen LogP contribution in [0.25, 0.3) is 0 Å². The lowest BCUT2D eigenvalue weighted by atomic mass is 10.4. The number of benzene rings is 1. The van der Waals surface area contributed by atoms with Crippen molar-refractivity contribution < 1.29 is 17.4 Å². The van der Waals surface area contributed by atoms with Gasteiger partial charge < -0.3 is 4.55 Å².